The number of nitrogens with one attached hydrogen (secondary N) is 1. The first-order valence-corrected chi connectivity index (χ1v) is 5.63. The van der Waals surface area contributed by atoms with Crippen molar-refractivity contribution < 1.29 is 9.55 Å². The molecule has 2 aromatic heterocycles. The van der Waals surface area contributed by atoms with E-state index in [1.54, 1.807) is 24.1 Å². The maximum atomic E-state index is 10.9. The van der Waals surface area contributed by atoms with E-state index in [0.717, 1.165) is 0 Å². The van der Waals surface area contributed by atoms with E-state index < -0.39 is 4.92 Å². The second kappa shape index (κ2) is 4.57. The van der Waals surface area contributed by atoms with Gasteiger partial charge in [-0.05, 0) is 16.4 Å². The minimum atomic E-state index is -0.531. The van der Waals surface area contributed by atoms with Gasteiger partial charge in [0.05, 0.1) is 17.2 Å². The number of hydrogen-bond donors (Lipinski definition) is 1. The predicted molar refractivity (Wildman–Crippen MR) is 66.8 cm³/mol. The van der Waals surface area contributed by atoms with Crippen LogP contribution in [0.5, 0.6) is 0 Å². The molecule has 0 radical (unpaired) electrons. The number of fused-ring (bicyclic) bond motifs is 1. The summed E-state index contributed by atoms with van der Waals surface area (Å²) in [7, 11) is 1.77. The fraction of sp³-hybridized carbons (Fsp3) is 0.200. The van der Waals surface area contributed by atoms with Crippen LogP contribution in [-0.2, 0) is 13.6 Å². The van der Waals surface area contributed by atoms with Gasteiger partial charge in [-0.15, -0.1) is 0 Å². The van der Waals surface area contributed by atoms with Gasteiger partial charge in [0.15, 0.2) is 11.3 Å². The van der Waals surface area contributed by atoms with Gasteiger partial charge in [0.25, 0.3) is 0 Å². The number of aryl methyl sites for hydroxylation is 1. The molecule has 0 spiro atoms. The van der Waals surface area contributed by atoms with Crippen LogP contribution in [0.2, 0.25) is 0 Å². The van der Waals surface area contributed by atoms with E-state index in [0.29, 0.717) is 23.6 Å². The van der Waals surface area contributed by atoms with Crippen molar-refractivity contribution in [2.24, 2.45) is 7.05 Å². The standard InChI is InChI=1S/C10H9N7O3/c1-16-5-12-8(13-16)4-11-6-2-3-7(17(18)19)10-9(6)14-20-15-10/h2-3,5,11H,4H2,1H3. The summed E-state index contributed by atoms with van der Waals surface area (Å²) in [6.45, 7) is 0.362. The lowest BCUT2D eigenvalue weighted by Gasteiger charge is -2.03. The number of nitro groups is 1. The van der Waals surface area contributed by atoms with Gasteiger partial charge in [-0.2, -0.15) is 5.10 Å². The monoisotopic (exact) mass is 275 g/mol. The summed E-state index contributed by atoms with van der Waals surface area (Å²) in [5.41, 5.74) is 0.825. The predicted octanol–water partition coefficient (Wildman–Crippen LogP) is 0.872. The molecule has 0 unspecified atom stereocenters. The quantitative estimate of drug-likeness (QED) is 0.549. The lowest BCUT2D eigenvalue weighted by atomic mass is 10.2. The molecule has 0 aliphatic heterocycles. The maximum absolute atomic E-state index is 10.9. The minimum Gasteiger partial charge on any atom is -0.376 e. The number of nitrogens with zero attached hydrogens (tertiary/aromatic N) is 6. The molecule has 2 heterocycles. The number of anilines is 1. The zero-order valence-electron chi connectivity index (χ0n) is 10.3. The van der Waals surface area contributed by atoms with E-state index >= 15 is 0 Å². The molecule has 10 heteroatoms. The number of non-ortho nitro benzene ring substituents is 1. The third kappa shape index (κ3) is 2.02. The molecule has 3 aromatic rings. The molecule has 0 aliphatic carbocycles. The zero-order chi connectivity index (χ0) is 14.1. The van der Waals surface area contributed by atoms with Crippen molar-refractivity contribution in [3.8, 4) is 0 Å². The molecule has 0 amide bonds. The Balaban J connectivity index is 1.90. The summed E-state index contributed by atoms with van der Waals surface area (Å²) < 4.78 is 6.16. The molecule has 20 heavy (non-hydrogen) atoms. The average molecular weight is 275 g/mol. The fourth-order valence-electron chi connectivity index (χ4n) is 1.78. The molecule has 1 aromatic carbocycles. The van der Waals surface area contributed by atoms with E-state index in [1.165, 1.54) is 6.07 Å². The van der Waals surface area contributed by atoms with Crippen molar-refractivity contribution in [1.29, 1.82) is 0 Å². The summed E-state index contributed by atoms with van der Waals surface area (Å²) in [6.07, 6.45) is 1.58. The fourth-order valence-corrected chi connectivity index (χ4v) is 1.78. The SMILES string of the molecule is Cn1cnc(CNc2ccc([N+](=O)[O-])c3nonc23)n1. The van der Waals surface area contributed by atoms with E-state index in [-0.39, 0.29) is 11.2 Å². The van der Waals surface area contributed by atoms with E-state index in [2.05, 4.69) is 30.3 Å². The Morgan fingerprint density at radius 3 is 2.90 bits per heavy atom. The Kier molecular flexibility index (Phi) is 2.75. The Labute approximate surface area is 111 Å². The van der Waals surface area contributed by atoms with Crippen LogP contribution in [0.3, 0.4) is 0 Å². The summed E-state index contributed by atoms with van der Waals surface area (Å²) in [4.78, 5) is 14.4. The molecule has 0 bridgehead atoms. The number of benzene rings is 1. The first-order valence-electron chi connectivity index (χ1n) is 5.63. The Bertz CT molecular complexity index is 778. The van der Waals surface area contributed by atoms with Crippen LogP contribution < -0.4 is 5.32 Å². The molecule has 3 rings (SSSR count). The molecular weight excluding hydrogens is 266 g/mol. The number of hydrogen-bond acceptors (Lipinski definition) is 8. The van der Waals surface area contributed by atoms with Crippen molar-refractivity contribution in [2.75, 3.05) is 5.32 Å². The molecule has 1 N–H and O–H groups in total. The van der Waals surface area contributed by atoms with Crippen molar-refractivity contribution in [3.63, 3.8) is 0 Å². The topological polar surface area (TPSA) is 125 Å². The van der Waals surface area contributed by atoms with E-state index in [9.17, 15) is 10.1 Å². The number of nitro benzene ring substituents is 1. The van der Waals surface area contributed by atoms with Crippen LogP contribution in [0.25, 0.3) is 11.0 Å². The Morgan fingerprint density at radius 1 is 1.40 bits per heavy atom. The highest BCUT2D eigenvalue weighted by atomic mass is 16.6. The smallest absolute Gasteiger partial charge is 0.300 e. The first kappa shape index (κ1) is 12.0. The second-order valence-corrected chi connectivity index (χ2v) is 4.04. The van der Waals surface area contributed by atoms with Crippen molar-refractivity contribution >= 4 is 22.4 Å². The number of rotatable bonds is 4. The van der Waals surface area contributed by atoms with Gasteiger partial charge < -0.3 is 5.32 Å². The molecule has 0 aliphatic rings. The maximum Gasteiger partial charge on any atom is 0.300 e. The molecule has 0 atom stereocenters. The molecule has 0 fully saturated rings. The number of aromatic nitrogens is 5. The molecule has 0 saturated carbocycles. The van der Waals surface area contributed by atoms with Gasteiger partial charge in [0.1, 0.15) is 6.33 Å². The van der Waals surface area contributed by atoms with Gasteiger partial charge in [0, 0.05) is 13.1 Å². The van der Waals surface area contributed by atoms with Gasteiger partial charge in [-0.1, -0.05) is 0 Å². The van der Waals surface area contributed by atoms with Crippen molar-refractivity contribution in [3.05, 3.63) is 34.4 Å². The van der Waals surface area contributed by atoms with Gasteiger partial charge in [-0.3, -0.25) is 14.8 Å². The first-order chi connectivity index (χ1) is 9.65. The highest BCUT2D eigenvalue weighted by molar-refractivity contribution is 5.93. The molecule has 10 nitrogen and oxygen atoms in total. The second-order valence-electron chi connectivity index (χ2n) is 4.04. The summed E-state index contributed by atoms with van der Waals surface area (Å²) in [5, 5.41) is 25.3. The van der Waals surface area contributed by atoms with Gasteiger partial charge in [0.2, 0.25) is 5.52 Å². The van der Waals surface area contributed by atoms with Gasteiger partial charge >= 0.3 is 5.69 Å². The summed E-state index contributed by atoms with van der Waals surface area (Å²) in [5.74, 6) is 0.593. The van der Waals surface area contributed by atoms with Gasteiger partial charge in [-0.25, -0.2) is 9.61 Å². The molecule has 0 saturated heterocycles. The summed E-state index contributed by atoms with van der Waals surface area (Å²) >= 11 is 0. The lowest BCUT2D eigenvalue weighted by molar-refractivity contribution is -0.383. The third-order valence-electron chi connectivity index (χ3n) is 2.67. The lowest BCUT2D eigenvalue weighted by Crippen LogP contribution is -2.03. The normalized spacial score (nSPS) is 10.8. The molecular formula is C10H9N7O3. The molecule has 102 valence electrons. The van der Waals surface area contributed by atoms with Crippen LogP contribution in [0.4, 0.5) is 11.4 Å². The minimum absolute atomic E-state index is 0.106. The van der Waals surface area contributed by atoms with Crippen LogP contribution in [0.15, 0.2) is 23.1 Å². The van der Waals surface area contributed by atoms with Crippen molar-refractivity contribution in [1.82, 2.24) is 25.1 Å². The Morgan fingerprint density at radius 2 is 2.20 bits per heavy atom. The average Bonchev–Trinajstić information content (AvgIpc) is 3.04. The van der Waals surface area contributed by atoms with Crippen molar-refractivity contribution in [2.45, 2.75) is 6.54 Å². The third-order valence-corrected chi connectivity index (χ3v) is 2.67. The largest absolute Gasteiger partial charge is 0.376 e. The van der Waals surface area contributed by atoms with E-state index in [4.69, 9.17) is 0 Å². The highest BCUT2D eigenvalue weighted by Gasteiger charge is 2.19. The van der Waals surface area contributed by atoms with Crippen LogP contribution in [0.1, 0.15) is 5.82 Å². The highest BCUT2D eigenvalue weighted by Crippen LogP contribution is 2.28. The van der Waals surface area contributed by atoms with Crippen LogP contribution >= 0.6 is 0 Å². The Hall–Kier alpha value is -3.04. The van der Waals surface area contributed by atoms with E-state index in [1.807, 2.05) is 0 Å². The van der Waals surface area contributed by atoms with Crippen LogP contribution in [-0.4, -0.2) is 30.0 Å². The summed E-state index contributed by atoms with van der Waals surface area (Å²) in [6, 6.07) is 2.90. The van der Waals surface area contributed by atoms with Crippen LogP contribution in [0, 0.1) is 10.1 Å². The zero-order valence-corrected chi connectivity index (χ0v) is 10.3.